The minimum Gasteiger partial charge on any atom is -0.478 e. The number of amidine groups is 1. The van der Waals surface area contributed by atoms with E-state index >= 15 is 0 Å². The van der Waals surface area contributed by atoms with Crippen LogP contribution < -0.4 is 16.4 Å². The summed E-state index contributed by atoms with van der Waals surface area (Å²) >= 11 is 1.58. The molecular weight excluding hydrogens is 400 g/mol. The van der Waals surface area contributed by atoms with E-state index in [-0.39, 0.29) is 17.3 Å². The summed E-state index contributed by atoms with van der Waals surface area (Å²) < 4.78 is 0. The zero-order valence-electron chi connectivity index (χ0n) is 16.6. The van der Waals surface area contributed by atoms with Gasteiger partial charge in [0.15, 0.2) is 0 Å². The average Bonchev–Trinajstić information content (AvgIpc) is 3.11. The highest BCUT2D eigenvalue weighted by atomic mass is 32.1. The number of rotatable bonds is 7. The summed E-state index contributed by atoms with van der Waals surface area (Å²) in [5, 5.41) is 23.0. The second-order valence-electron chi connectivity index (χ2n) is 6.68. The Balaban J connectivity index is 1.92. The highest BCUT2D eigenvalue weighted by molar-refractivity contribution is 7.12. The van der Waals surface area contributed by atoms with Crippen molar-refractivity contribution in [2.45, 2.75) is 13.5 Å². The molecule has 0 aliphatic carbocycles. The SMILES string of the molecule is CNC(=O)c1ccc(-c2cc(C)sc2CNc2ccc(C(=N)N)cc2)c(C(=O)O)c1. The van der Waals surface area contributed by atoms with E-state index in [0.717, 1.165) is 21.0 Å². The maximum Gasteiger partial charge on any atom is 0.336 e. The normalized spacial score (nSPS) is 10.5. The van der Waals surface area contributed by atoms with Crippen molar-refractivity contribution in [1.82, 2.24) is 5.32 Å². The van der Waals surface area contributed by atoms with Crippen LogP contribution in [0, 0.1) is 12.3 Å². The lowest BCUT2D eigenvalue weighted by molar-refractivity contribution is 0.0697. The standard InChI is InChI=1S/C22H22N4O3S/c1-12-9-17(16-8-5-14(21(27)25-2)10-18(16)22(28)29)19(30-12)11-26-15-6-3-13(4-7-15)20(23)24/h3-10,26H,11H2,1-2H3,(H3,23,24)(H,25,27)(H,28,29). The van der Waals surface area contributed by atoms with Gasteiger partial charge in [0.2, 0.25) is 0 Å². The molecule has 7 nitrogen and oxygen atoms in total. The summed E-state index contributed by atoms with van der Waals surface area (Å²) in [6, 6.07) is 13.9. The first-order valence-electron chi connectivity index (χ1n) is 9.17. The molecular formula is C22H22N4O3S. The maximum absolute atomic E-state index is 11.9. The van der Waals surface area contributed by atoms with Gasteiger partial charge in [0.25, 0.3) is 5.91 Å². The Morgan fingerprint density at radius 2 is 1.73 bits per heavy atom. The van der Waals surface area contributed by atoms with Crippen LogP contribution in [0.1, 0.15) is 36.0 Å². The molecule has 0 aliphatic rings. The second kappa shape index (κ2) is 8.79. The largest absolute Gasteiger partial charge is 0.478 e. The molecule has 2 aromatic carbocycles. The topological polar surface area (TPSA) is 128 Å². The van der Waals surface area contributed by atoms with E-state index in [2.05, 4.69) is 10.6 Å². The van der Waals surface area contributed by atoms with Gasteiger partial charge in [-0.25, -0.2) is 4.79 Å². The molecule has 1 amide bonds. The van der Waals surface area contributed by atoms with Crippen molar-refractivity contribution < 1.29 is 14.7 Å². The van der Waals surface area contributed by atoms with Gasteiger partial charge in [-0.05, 0) is 60.5 Å². The molecule has 3 rings (SSSR count). The molecule has 0 saturated carbocycles. The Morgan fingerprint density at radius 1 is 1.07 bits per heavy atom. The third-order valence-corrected chi connectivity index (χ3v) is 5.66. The van der Waals surface area contributed by atoms with Crippen LogP contribution in [0.5, 0.6) is 0 Å². The van der Waals surface area contributed by atoms with Gasteiger partial charge in [0, 0.05) is 33.6 Å². The molecule has 1 heterocycles. The van der Waals surface area contributed by atoms with E-state index in [9.17, 15) is 14.7 Å². The van der Waals surface area contributed by atoms with Crippen molar-refractivity contribution in [2.24, 2.45) is 5.73 Å². The van der Waals surface area contributed by atoms with Gasteiger partial charge in [-0.1, -0.05) is 6.07 Å². The second-order valence-corrected chi connectivity index (χ2v) is 8.02. The number of aryl methyl sites for hydroxylation is 1. The minimum atomic E-state index is -1.08. The van der Waals surface area contributed by atoms with E-state index in [4.69, 9.17) is 11.1 Å². The number of nitrogens with two attached hydrogens (primary N) is 1. The Hall–Kier alpha value is -3.65. The lowest BCUT2D eigenvalue weighted by Crippen LogP contribution is -2.18. The molecule has 0 spiro atoms. The van der Waals surface area contributed by atoms with Crippen molar-refractivity contribution in [3.8, 4) is 11.1 Å². The summed E-state index contributed by atoms with van der Waals surface area (Å²) in [7, 11) is 1.51. The predicted molar refractivity (Wildman–Crippen MR) is 120 cm³/mol. The number of aromatic carboxylic acids is 1. The number of amides is 1. The number of hydrogen-bond acceptors (Lipinski definition) is 5. The van der Waals surface area contributed by atoms with E-state index in [1.807, 2.05) is 25.1 Å². The first-order valence-corrected chi connectivity index (χ1v) is 9.99. The molecule has 154 valence electrons. The number of carboxylic acid groups (broad SMARTS) is 1. The number of hydrogen-bond donors (Lipinski definition) is 5. The van der Waals surface area contributed by atoms with Crippen molar-refractivity contribution in [1.29, 1.82) is 5.41 Å². The minimum absolute atomic E-state index is 0.0131. The van der Waals surface area contributed by atoms with E-state index in [1.165, 1.54) is 13.1 Å². The van der Waals surface area contributed by atoms with Gasteiger partial charge in [-0.2, -0.15) is 0 Å². The summed E-state index contributed by atoms with van der Waals surface area (Å²) in [6.07, 6.45) is 0. The summed E-state index contributed by atoms with van der Waals surface area (Å²) in [5.41, 5.74) is 8.78. The fourth-order valence-electron chi connectivity index (χ4n) is 3.11. The summed E-state index contributed by atoms with van der Waals surface area (Å²) in [4.78, 5) is 25.8. The van der Waals surface area contributed by atoms with Gasteiger partial charge >= 0.3 is 5.97 Å². The number of anilines is 1. The molecule has 1 aromatic heterocycles. The van der Waals surface area contributed by atoms with Crippen molar-refractivity contribution in [3.05, 3.63) is 75.0 Å². The molecule has 0 unspecified atom stereocenters. The Bertz CT molecular complexity index is 1120. The quantitative estimate of drug-likeness (QED) is 0.293. The van der Waals surface area contributed by atoms with Crippen LogP contribution in [0.25, 0.3) is 11.1 Å². The Kier molecular flexibility index (Phi) is 6.17. The van der Waals surface area contributed by atoms with Crippen LogP contribution >= 0.6 is 11.3 Å². The number of nitrogen functional groups attached to an aromatic ring is 1. The number of thiophene rings is 1. The fraction of sp³-hybridized carbons (Fsp3) is 0.136. The predicted octanol–water partition coefficient (Wildman–Crippen LogP) is 3.68. The van der Waals surface area contributed by atoms with Crippen molar-refractivity contribution >= 4 is 34.7 Å². The summed E-state index contributed by atoms with van der Waals surface area (Å²) in [6.45, 7) is 2.47. The van der Waals surface area contributed by atoms with Crippen LogP contribution in [0.2, 0.25) is 0 Å². The van der Waals surface area contributed by atoms with Crippen LogP contribution in [-0.2, 0) is 6.54 Å². The van der Waals surface area contributed by atoms with Crippen molar-refractivity contribution in [2.75, 3.05) is 12.4 Å². The Morgan fingerprint density at radius 3 is 2.33 bits per heavy atom. The molecule has 30 heavy (non-hydrogen) atoms. The monoisotopic (exact) mass is 422 g/mol. The molecule has 0 atom stereocenters. The fourth-order valence-corrected chi connectivity index (χ4v) is 4.10. The van der Waals surface area contributed by atoms with E-state index in [0.29, 0.717) is 23.2 Å². The van der Waals surface area contributed by atoms with E-state index < -0.39 is 5.97 Å². The third kappa shape index (κ3) is 4.49. The van der Waals surface area contributed by atoms with Crippen LogP contribution in [0.3, 0.4) is 0 Å². The zero-order chi connectivity index (χ0) is 21.8. The zero-order valence-corrected chi connectivity index (χ0v) is 17.4. The molecule has 6 N–H and O–H groups in total. The highest BCUT2D eigenvalue weighted by Gasteiger charge is 2.19. The smallest absolute Gasteiger partial charge is 0.336 e. The van der Waals surface area contributed by atoms with Crippen LogP contribution in [0.15, 0.2) is 48.5 Å². The van der Waals surface area contributed by atoms with Gasteiger partial charge in [0.1, 0.15) is 5.84 Å². The lowest BCUT2D eigenvalue weighted by atomic mass is 9.97. The molecule has 0 aliphatic heterocycles. The molecule has 0 bridgehead atoms. The Labute approximate surface area is 178 Å². The van der Waals surface area contributed by atoms with Gasteiger partial charge in [-0.3, -0.25) is 10.2 Å². The lowest BCUT2D eigenvalue weighted by Gasteiger charge is -2.11. The molecule has 0 fully saturated rings. The highest BCUT2D eigenvalue weighted by Crippen LogP contribution is 2.34. The molecule has 3 aromatic rings. The summed E-state index contributed by atoms with van der Waals surface area (Å²) in [5.74, 6) is -1.40. The van der Waals surface area contributed by atoms with E-state index in [1.54, 1.807) is 35.6 Å². The molecule has 0 radical (unpaired) electrons. The maximum atomic E-state index is 11.9. The van der Waals surface area contributed by atoms with Crippen LogP contribution in [-0.4, -0.2) is 29.9 Å². The first kappa shape index (κ1) is 21.1. The first-order chi connectivity index (χ1) is 14.3. The number of carboxylic acids is 1. The molecule has 8 heteroatoms. The number of benzene rings is 2. The third-order valence-electron chi connectivity index (χ3n) is 4.61. The van der Waals surface area contributed by atoms with Gasteiger partial charge < -0.3 is 21.5 Å². The number of carbonyl (C=O) groups excluding carboxylic acids is 1. The molecule has 0 saturated heterocycles. The number of nitrogens with one attached hydrogen (secondary N) is 3. The van der Waals surface area contributed by atoms with Crippen molar-refractivity contribution in [3.63, 3.8) is 0 Å². The number of carbonyl (C=O) groups is 2. The van der Waals surface area contributed by atoms with Crippen LogP contribution in [0.4, 0.5) is 5.69 Å². The van der Waals surface area contributed by atoms with Gasteiger partial charge in [-0.15, -0.1) is 11.3 Å². The van der Waals surface area contributed by atoms with Gasteiger partial charge in [0.05, 0.1) is 12.1 Å². The average molecular weight is 423 g/mol.